The number of hydrogen-bond acceptors (Lipinski definition) is 8. The maximum absolute atomic E-state index is 12.0. The van der Waals surface area contributed by atoms with Crippen molar-refractivity contribution in [3.63, 3.8) is 0 Å². The van der Waals surface area contributed by atoms with Crippen molar-refractivity contribution in [2.75, 3.05) is 13.2 Å². The van der Waals surface area contributed by atoms with Crippen LogP contribution in [0.1, 0.15) is 6.92 Å². The molecule has 3 aliphatic rings. The van der Waals surface area contributed by atoms with Crippen LogP contribution in [0, 0.1) is 5.92 Å². The number of β-lactam (4-membered cyclic amide) rings is 1. The molecule has 0 saturated carbocycles. The average molecular weight is 355 g/mol. The molecule has 0 aromatic carbocycles. The van der Waals surface area contributed by atoms with E-state index in [1.165, 1.54) is 35.3 Å². The molecule has 2 fully saturated rings. The molecule has 2 N–H and O–H groups in total. The Morgan fingerprint density at radius 3 is 2.73 bits per heavy atom. The smallest absolute Gasteiger partial charge is 0.543 e. The monoisotopic (exact) mass is 355 g/mol. The second-order valence-corrected chi connectivity index (χ2v) is 7.80. The van der Waals surface area contributed by atoms with Crippen LogP contribution in [-0.4, -0.2) is 63.0 Å². The van der Waals surface area contributed by atoms with Gasteiger partial charge in [-0.3, -0.25) is 9.69 Å². The molecule has 3 rings (SSSR count). The van der Waals surface area contributed by atoms with Gasteiger partial charge in [0.05, 0.1) is 52.5 Å². The topological polar surface area (TPSA) is 110 Å². The summed E-state index contributed by atoms with van der Waals surface area (Å²) >= 11 is 2.42. The van der Waals surface area contributed by atoms with Crippen LogP contribution in [0.3, 0.4) is 0 Å². The van der Waals surface area contributed by atoms with Crippen LogP contribution >= 0.6 is 23.5 Å². The van der Waals surface area contributed by atoms with E-state index < -0.39 is 35.4 Å². The van der Waals surface area contributed by atoms with Gasteiger partial charge in [-0.25, -0.2) is 0 Å². The molecule has 3 aliphatic heterocycles. The van der Waals surface area contributed by atoms with E-state index in [1.807, 2.05) is 0 Å². The number of rotatable bonds is 4. The van der Waals surface area contributed by atoms with Crippen LogP contribution in [0.4, 0.5) is 0 Å². The summed E-state index contributed by atoms with van der Waals surface area (Å²) in [6.07, 6.45) is -1.50. The Kier molecular flexibility index (Phi) is 5.93. The largest absolute Gasteiger partial charge is 1.00 e. The number of carboxylic acids is 1. The zero-order valence-electron chi connectivity index (χ0n) is 12.1. The number of thioether (sulfide) groups is 2. The summed E-state index contributed by atoms with van der Waals surface area (Å²) in [5.74, 6) is -2.42. The number of aliphatic hydroxyl groups excluding tert-OH is 2. The van der Waals surface area contributed by atoms with E-state index in [4.69, 9.17) is 4.74 Å². The van der Waals surface area contributed by atoms with Crippen molar-refractivity contribution in [1.82, 2.24) is 4.90 Å². The van der Waals surface area contributed by atoms with E-state index in [1.54, 1.807) is 0 Å². The minimum atomic E-state index is -1.42. The summed E-state index contributed by atoms with van der Waals surface area (Å²) in [6.45, 7) is 2.06. The summed E-state index contributed by atoms with van der Waals surface area (Å²) in [5.41, 5.74) is -0.156. The quantitative estimate of drug-likeness (QED) is 0.383. The molecule has 0 radical (unpaired) electrons. The summed E-state index contributed by atoms with van der Waals surface area (Å²) in [5, 5.41) is 30.0. The average Bonchev–Trinajstić information content (AvgIpc) is 2.92. The summed E-state index contributed by atoms with van der Waals surface area (Å²) in [4.78, 5) is 24.5. The molecule has 0 aliphatic carbocycles. The molecule has 0 spiro atoms. The van der Waals surface area contributed by atoms with Crippen LogP contribution in [0.25, 0.3) is 0 Å². The van der Waals surface area contributed by atoms with Crippen molar-refractivity contribution in [2.45, 2.75) is 29.8 Å². The van der Waals surface area contributed by atoms with Gasteiger partial charge in [-0.05, 0) is 6.92 Å². The Morgan fingerprint density at radius 1 is 1.55 bits per heavy atom. The van der Waals surface area contributed by atoms with Gasteiger partial charge < -0.3 is 24.9 Å². The molecule has 22 heavy (non-hydrogen) atoms. The van der Waals surface area contributed by atoms with Gasteiger partial charge in [-0.15, -0.1) is 11.8 Å². The van der Waals surface area contributed by atoms with Crippen LogP contribution in [0.2, 0.25) is 0 Å². The molecule has 0 bridgehead atoms. The van der Waals surface area contributed by atoms with Gasteiger partial charge >= 0.3 is 29.6 Å². The Bertz CT molecular complexity index is 528. The standard InChI is InChI=1S/C12H15NO6S2.Na/c1-4(14)7-9(16)13-8(11(17)18)12(21-10(7)13)20-6-3-19-2-5(6)15;/h4-7,10,14-15H,2-3H2,1H3,(H,17,18);/q;+1/p-1/t4?,5-,6+,7-,10+;/m0./s1. The Balaban J connectivity index is 0.00000176. The molecule has 3 heterocycles. The van der Waals surface area contributed by atoms with Crippen molar-refractivity contribution < 1.29 is 59.2 Å². The minimum Gasteiger partial charge on any atom is -0.543 e. The Labute approximate surface area is 157 Å². The van der Waals surface area contributed by atoms with Crippen LogP contribution in [0.5, 0.6) is 0 Å². The van der Waals surface area contributed by atoms with Gasteiger partial charge in [0.2, 0.25) is 5.91 Å². The number of amides is 1. The van der Waals surface area contributed by atoms with Crippen LogP contribution < -0.4 is 34.7 Å². The maximum atomic E-state index is 12.0. The number of carbonyl (C=O) groups is 2. The van der Waals surface area contributed by atoms with Crippen molar-refractivity contribution >= 4 is 35.4 Å². The molecule has 2 saturated heterocycles. The first-order valence-electron chi connectivity index (χ1n) is 6.47. The van der Waals surface area contributed by atoms with Gasteiger partial charge in [-0.1, -0.05) is 11.8 Å². The summed E-state index contributed by atoms with van der Waals surface area (Å²) < 4.78 is 5.58. The number of carboxylic acid groups (broad SMARTS) is 1. The first kappa shape index (κ1) is 18.6. The van der Waals surface area contributed by atoms with E-state index in [-0.39, 0.29) is 47.1 Å². The molecule has 7 nitrogen and oxygen atoms in total. The Hall–Kier alpha value is 0.260. The van der Waals surface area contributed by atoms with Crippen LogP contribution in [-0.2, 0) is 14.3 Å². The predicted molar refractivity (Wildman–Crippen MR) is 73.6 cm³/mol. The van der Waals surface area contributed by atoms with E-state index in [9.17, 15) is 24.9 Å². The fourth-order valence-electron chi connectivity index (χ4n) is 2.60. The summed E-state index contributed by atoms with van der Waals surface area (Å²) in [7, 11) is 0. The Morgan fingerprint density at radius 2 is 2.23 bits per heavy atom. The third-order valence-electron chi connectivity index (χ3n) is 3.72. The normalized spacial score (nSPS) is 35.0. The molecule has 0 aromatic heterocycles. The fourth-order valence-corrected chi connectivity index (χ4v) is 5.77. The molecule has 116 valence electrons. The number of nitrogens with zero attached hydrogens (tertiary/aromatic N) is 1. The zero-order chi connectivity index (χ0) is 15.3. The van der Waals surface area contributed by atoms with E-state index in [2.05, 4.69) is 0 Å². The van der Waals surface area contributed by atoms with Crippen molar-refractivity contribution in [3.05, 3.63) is 9.93 Å². The number of fused-ring (bicyclic) bond motifs is 1. The molecule has 0 aromatic rings. The predicted octanol–water partition coefficient (Wildman–Crippen LogP) is -4.69. The molecule has 10 heteroatoms. The molecular formula is C12H14NNaO6S2. The number of carbonyl (C=O) groups excluding carboxylic acids is 2. The number of aliphatic carboxylic acids is 1. The molecule has 5 atom stereocenters. The number of aliphatic hydroxyl groups is 2. The van der Waals surface area contributed by atoms with E-state index in [0.29, 0.717) is 10.8 Å². The third-order valence-corrected chi connectivity index (χ3v) is 6.61. The first-order valence-corrected chi connectivity index (χ1v) is 8.23. The van der Waals surface area contributed by atoms with Gasteiger partial charge in [0.1, 0.15) is 5.37 Å². The van der Waals surface area contributed by atoms with E-state index >= 15 is 0 Å². The van der Waals surface area contributed by atoms with Gasteiger partial charge in [0.15, 0.2) is 0 Å². The zero-order valence-corrected chi connectivity index (χ0v) is 15.7. The minimum absolute atomic E-state index is 0. The van der Waals surface area contributed by atoms with Crippen LogP contribution in [0.15, 0.2) is 9.93 Å². The summed E-state index contributed by atoms with van der Waals surface area (Å²) in [6, 6.07) is 0. The number of ether oxygens (including phenoxy) is 1. The first-order chi connectivity index (χ1) is 9.91. The van der Waals surface area contributed by atoms with Crippen molar-refractivity contribution in [1.29, 1.82) is 0 Å². The van der Waals surface area contributed by atoms with Crippen molar-refractivity contribution in [3.8, 4) is 0 Å². The third kappa shape index (κ3) is 2.98. The van der Waals surface area contributed by atoms with Gasteiger partial charge in [-0.2, -0.15) is 0 Å². The second-order valence-electron chi connectivity index (χ2n) is 5.17. The SMILES string of the molecule is CC(O)[C@H]1C(=O)N2C(C(=O)[O-])=C(S[C@@H]3COC[C@@H]3O)S[C@H]12.[Na+]. The molecular weight excluding hydrogens is 341 g/mol. The van der Waals surface area contributed by atoms with Crippen molar-refractivity contribution in [2.24, 2.45) is 5.92 Å². The second kappa shape index (κ2) is 7.02. The maximum Gasteiger partial charge on any atom is 1.00 e. The molecule has 1 amide bonds. The molecule has 1 unspecified atom stereocenters. The number of hydrogen-bond donors (Lipinski definition) is 2. The fraction of sp³-hybridized carbons (Fsp3) is 0.667. The van der Waals surface area contributed by atoms with Gasteiger partial charge in [0.25, 0.3) is 0 Å². The van der Waals surface area contributed by atoms with E-state index in [0.717, 1.165) is 0 Å². The van der Waals surface area contributed by atoms with Gasteiger partial charge in [0, 0.05) is 0 Å².